The molecule has 2 aromatic carbocycles. The maximum atomic E-state index is 12.2. The Morgan fingerprint density at radius 3 is 2.53 bits per heavy atom. The number of hydrogen-bond donors (Lipinski definition) is 0. The van der Waals surface area contributed by atoms with Crippen molar-refractivity contribution in [1.82, 2.24) is 0 Å². The fourth-order valence-electron chi connectivity index (χ4n) is 1.94. The smallest absolute Gasteiger partial charge is 0.175 e. The standard InChI is InChI=1S/C17H18OS/c1-13-7-6-8-15(11-13)12-19-14(2)17(18)16-9-4-3-5-10-16/h3-11,14H,12H2,1-2H3. The third kappa shape index (κ3) is 3.97. The number of ketones is 1. The minimum atomic E-state index is -0.0112. The highest BCUT2D eigenvalue weighted by Crippen LogP contribution is 2.21. The molecule has 2 heteroatoms. The van der Waals surface area contributed by atoms with Crippen LogP contribution in [0.1, 0.15) is 28.4 Å². The predicted molar refractivity (Wildman–Crippen MR) is 82.7 cm³/mol. The monoisotopic (exact) mass is 270 g/mol. The van der Waals surface area contributed by atoms with Crippen LogP contribution in [0.2, 0.25) is 0 Å². The maximum Gasteiger partial charge on any atom is 0.175 e. The lowest BCUT2D eigenvalue weighted by Crippen LogP contribution is -2.13. The van der Waals surface area contributed by atoms with Gasteiger partial charge in [-0.3, -0.25) is 4.79 Å². The van der Waals surface area contributed by atoms with E-state index >= 15 is 0 Å². The van der Waals surface area contributed by atoms with Crippen LogP contribution in [0.4, 0.5) is 0 Å². The van der Waals surface area contributed by atoms with E-state index in [-0.39, 0.29) is 11.0 Å². The topological polar surface area (TPSA) is 17.1 Å². The first-order valence-corrected chi connectivity index (χ1v) is 7.48. The first kappa shape index (κ1) is 13.9. The molecule has 0 aliphatic rings. The quantitative estimate of drug-likeness (QED) is 0.744. The molecule has 0 fully saturated rings. The van der Waals surface area contributed by atoms with E-state index in [1.54, 1.807) is 11.8 Å². The van der Waals surface area contributed by atoms with Gasteiger partial charge in [0.05, 0.1) is 5.25 Å². The fourth-order valence-corrected chi connectivity index (χ4v) is 2.85. The molecule has 1 atom stereocenters. The van der Waals surface area contributed by atoms with Crippen molar-refractivity contribution < 1.29 is 4.79 Å². The minimum absolute atomic E-state index is 0.0112. The first-order valence-electron chi connectivity index (χ1n) is 6.43. The molecule has 1 unspecified atom stereocenters. The van der Waals surface area contributed by atoms with Crippen LogP contribution < -0.4 is 0 Å². The Morgan fingerprint density at radius 2 is 1.84 bits per heavy atom. The normalized spacial score (nSPS) is 12.1. The summed E-state index contributed by atoms with van der Waals surface area (Å²) in [4.78, 5) is 12.2. The Balaban J connectivity index is 1.95. The molecule has 0 saturated carbocycles. The molecular weight excluding hydrogens is 252 g/mol. The van der Waals surface area contributed by atoms with Crippen LogP contribution in [0, 0.1) is 6.92 Å². The molecular formula is C17H18OS. The zero-order chi connectivity index (χ0) is 13.7. The van der Waals surface area contributed by atoms with E-state index in [1.807, 2.05) is 37.3 Å². The van der Waals surface area contributed by atoms with Gasteiger partial charge in [-0.1, -0.05) is 60.2 Å². The van der Waals surface area contributed by atoms with Crippen LogP contribution in [-0.2, 0) is 5.75 Å². The largest absolute Gasteiger partial charge is 0.293 e. The molecule has 0 N–H and O–H groups in total. The van der Waals surface area contributed by atoms with E-state index in [2.05, 4.69) is 31.2 Å². The first-order chi connectivity index (χ1) is 9.16. The number of benzene rings is 2. The van der Waals surface area contributed by atoms with Crippen molar-refractivity contribution in [2.45, 2.75) is 24.9 Å². The van der Waals surface area contributed by atoms with Gasteiger partial charge in [0.25, 0.3) is 0 Å². The Hall–Kier alpha value is -1.54. The molecule has 0 bridgehead atoms. The highest BCUT2D eigenvalue weighted by molar-refractivity contribution is 7.99. The van der Waals surface area contributed by atoms with Crippen molar-refractivity contribution >= 4 is 17.5 Å². The van der Waals surface area contributed by atoms with E-state index in [1.165, 1.54) is 11.1 Å². The van der Waals surface area contributed by atoms with Crippen LogP contribution >= 0.6 is 11.8 Å². The summed E-state index contributed by atoms with van der Waals surface area (Å²) in [5, 5.41) is -0.0112. The summed E-state index contributed by atoms with van der Waals surface area (Å²) in [5.74, 6) is 1.08. The van der Waals surface area contributed by atoms with Gasteiger partial charge in [-0.25, -0.2) is 0 Å². The molecule has 19 heavy (non-hydrogen) atoms. The van der Waals surface area contributed by atoms with Crippen LogP contribution in [0.5, 0.6) is 0 Å². The second-order valence-electron chi connectivity index (χ2n) is 4.67. The molecule has 0 heterocycles. The Labute approximate surface area is 119 Å². The van der Waals surface area contributed by atoms with Gasteiger partial charge in [0.2, 0.25) is 0 Å². The molecule has 2 aromatic rings. The Bertz CT molecular complexity index is 548. The molecule has 0 radical (unpaired) electrons. The van der Waals surface area contributed by atoms with Crippen molar-refractivity contribution in [1.29, 1.82) is 0 Å². The number of hydrogen-bond acceptors (Lipinski definition) is 2. The number of thioether (sulfide) groups is 1. The Kier molecular flexibility index (Phi) is 4.80. The van der Waals surface area contributed by atoms with E-state index in [0.717, 1.165) is 11.3 Å². The molecule has 0 saturated heterocycles. The summed E-state index contributed by atoms with van der Waals surface area (Å²) in [6.45, 7) is 4.07. The van der Waals surface area contributed by atoms with Crippen LogP contribution in [0.3, 0.4) is 0 Å². The van der Waals surface area contributed by atoms with Crippen molar-refractivity contribution in [2.24, 2.45) is 0 Å². The molecule has 98 valence electrons. The zero-order valence-corrected chi connectivity index (χ0v) is 12.1. The molecule has 0 aliphatic carbocycles. The summed E-state index contributed by atoms with van der Waals surface area (Å²) >= 11 is 1.69. The molecule has 1 nitrogen and oxygen atoms in total. The molecule has 0 amide bonds. The molecule has 0 aliphatic heterocycles. The number of rotatable bonds is 5. The zero-order valence-electron chi connectivity index (χ0n) is 11.3. The van der Waals surface area contributed by atoms with Gasteiger partial charge < -0.3 is 0 Å². The van der Waals surface area contributed by atoms with Gasteiger partial charge in [-0.05, 0) is 19.4 Å². The second kappa shape index (κ2) is 6.58. The third-order valence-electron chi connectivity index (χ3n) is 3.01. The number of carbonyl (C=O) groups excluding carboxylic acids is 1. The van der Waals surface area contributed by atoms with Crippen LogP contribution in [-0.4, -0.2) is 11.0 Å². The fraction of sp³-hybridized carbons (Fsp3) is 0.235. The second-order valence-corrected chi connectivity index (χ2v) is 6.00. The van der Waals surface area contributed by atoms with Crippen molar-refractivity contribution in [3.63, 3.8) is 0 Å². The minimum Gasteiger partial charge on any atom is -0.293 e. The average molecular weight is 270 g/mol. The van der Waals surface area contributed by atoms with Gasteiger partial charge in [0, 0.05) is 11.3 Å². The average Bonchev–Trinajstić information content (AvgIpc) is 2.45. The van der Waals surface area contributed by atoms with Gasteiger partial charge in [-0.15, -0.1) is 11.8 Å². The SMILES string of the molecule is Cc1cccc(CSC(C)C(=O)c2ccccc2)c1. The summed E-state index contributed by atoms with van der Waals surface area (Å²) in [5.41, 5.74) is 3.34. The molecule has 2 rings (SSSR count). The highest BCUT2D eigenvalue weighted by atomic mass is 32.2. The van der Waals surface area contributed by atoms with E-state index in [4.69, 9.17) is 0 Å². The number of aryl methyl sites for hydroxylation is 1. The number of carbonyl (C=O) groups is 1. The summed E-state index contributed by atoms with van der Waals surface area (Å²) in [6.07, 6.45) is 0. The highest BCUT2D eigenvalue weighted by Gasteiger charge is 2.15. The van der Waals surface area contributed by atoms with Crippen molar-refractivity contribution in [3.05, 3.63) is 71.3 Å². The Morgan fingerprint density at radius 1 is 1.11 bits per heavy atom. The van der Waals surface area contributed by atoms with E-state index < -0.39 is 0 Å². The lowest BCUT2D eigenvalue weighted by molar-refractivity contribution is 0.0994. The maximum absolute atomic E-state index is 12.2. The molecule has 0 aromatic heterocycles. The van der Waals surface area contributed by atoms with Crippen molar-refractivity contribution in [3.8, 4) is 0 Å². The summed E-state index contributed by atoms with van der Waals surface area (Å²) in [6, 6.07) is 17.9. The summed E-state index contributed by atoms with van der Waals surface area (Å²) < 4.78 is 0. The van der Waals surface area contributed by atoms with Gasteiger partial charge in [-0.2, -0.15) is 0 Å². The van der Waals surface area contributed by atoms with Gasteiger partial charge in [0.15, 0.2) is 5.78 Å². The lowest BCUT2D eigenvalue weighted by Gasteiger charge is -2.10. The van der Waals surface area contributed by atoms with E-state index in [9.17, 15) is 4.79 Å². The van der Waals surface area contributed by atoms with Gasteiger partial charge >= 0.3 is 0 Å². The van der Waals surface area contributed by atoms with Crippen LogP contribution in [0.15, 0.2) is 54.6 Å². The van der Waals surface area contributed by atoms with Gasteiger partial charge in [0.1, 0.15) is 0 Å². The predicted octanol–water partition coefficient (Wildman–Crippen LogP) is 4.50. The van der Waals surface area contributed by atoms with Crippen molar-refractivity contribution in [2.75, 3.05) is 0 Å². The summed E-state index contributed by atoms with van der Waals surface area (Å²) in [7, 11) is 0. The number of Topliss-reactive ketones (excluding diaryl/α,β-unsaturated/α-hetero) is 1. The lowest BCUT2D eigenvalue weighted by atomic mass is 10.1. The van der Waals surface area contributed by atoms with Crippen LogP contribution in [0.25, 0.3) is 0 Å². The third-order valence-corrected chi connectivity index (χ3v) is 4.22. The molecule has 0 spiro atoms. The van der Waals surface area contributed by atoms with E-state index in [0.29, 0.717) is 0 Å².